The van der Waals surface area contributed by atoms with Crippen LogP contribution in [0.2, 0.25) is 0 Å². The van der Waals surface area contributed by atoms with E-state index in [9.17, 15) is 4.79 Å². The fourth-order valence-electron chi connectivity index (χ4n) is 0.880. The van der Waals surface area contributed by atoms with Crippen LogP contribution in [0.25, 0.3) is 0 Å². The van der Waals surface area contributed by atoms with Crippen LogP contribution in [-0.2, 0) is 4.79 Å². The fraction of sp³-hybridized carbons (Fsp3) is 0.909. The van der Waals surface area contributed by atoms with Crippen LogP contribution >= 0.6 is 0 Å². The first-order chi connectivity index (χ1) is 7.04. The molecule has 0 aliphatic heterocycles. The van der Waals surface area contributed by atoms with Gasteiger partial charge in [-0.15, -0.1) is 0 Å². The molecular formula is C11H25NO3. The summed E-state index contributed by atoms with van der Waals surface area (Å²) < 4.78 is 0. The number of carbonyl (C=O) groups is 1. The molecule has 4 N–H and O–H groups in total. The number of aliphatic hydroxyl groups excluding tert-OH is 1. The number of aliphatic carboxylic acids is 1. The van der Waals surface area contributed by atoms with Gasteiger partial charge in [0.2, 0.25) is 0 Å². The number of rotatable bonds is 7. The lowest BCUT2D eigenvalue weighted by molar-refractivity contribution is -0.137. The number of nitrogens with two attached hydrogens (primary N) is 1. The number of carboxylic acids is 1. The van der Waals surface area contributed by atoms with Crippen molar-refractivity contribution in [2.24, 2.45) is 5.73 Å². The third-order valence-electron chi connectivity index (χ3n) is 1.84. The van der Waals surface area contributed by atoms with Crippen molar-refractivity contribution < 1.29 is 15.0 Å². The van der Waals surface area contributed by atoms with Crippen molar-refractivity contribution >= 4 is 5.97 Å². The summed E-state index contributed by atoms with van der Waals surface area (Å²) in [6.07, 6.45) is 5.55. The molecule has 15 heavy (non-hydrogen) atoms. The second kappa shape index (κ2) is 13.4. The van der Waals surface area contributed by atoms with Crippen molar-refractivity contribution in [2.45, 2.75) is 58.5 Å². The molecule has 0 aromatic rings. The van der Waals surface area contributed by atoms with Crippen LogP contribution in [0.5, 0.6) is 0 Å². The summed E-state index contributed by atoms with van der Waals surface area (Å²) in [6.45, 7) is 4.16. The normalized spacial score (nSPS) is 11.5. The highest BCUT2D eigenvalue weighted by atomic mass is 16.4. The van der Waals surface area contributed by atoms with E-state index in [2.05, 4.69) is 6.92 Å². The molecule has 0 aromatic heterocycles. The average Bonchev–Trinajstić information content (AvgIpc) is 2.18. The first-order valence-corrected chi connectivity index (χ1v) is 5.64. The van der Waals surface area contributed by atoms with E-state index in [0.29, 0.717) is 13.0 Å². The van der Waals surface area contributed by atoms with Crippen LogP contribution in [0.3, 0.4) is 0 Å². The molecule has 4 heteroatoms. The third-order valence-corrected chi connectivity index (χ3v) is 1.84. The van der Waals surface area contributed by atoms with Gasteiger partial charge in [0, 0.05) is 13.0 Å². The molecule has 0 fully saturated rings. The predicted octanol–water partition coefficient (Wildman–Crippen LogP) is 1.76. The maximum Gasteiger partial charge on any atom is 0.303 e. The summed E-state index contributed by atoms with van der Waals surface area (Å²) in [5.74, 6) is -0.670. The Balaban J connectivity index is 0. The smallest absolute Gasteiger partial charge is 0.303 e. The third kappa shape index (κ3) is 24.7. The van der Waals surface area contributed by atoms with Crippen molar-refractivity contribution in [1.82, 2.24) is 0 Å². The molecule has 0 radical (unpaired) electrons. The molecule has 0 rings (SSSR count). The molecule has 0 saturated carbocycles. The van der Waals surface area contributed by atoms with Gasteiger partial charge in [-0.3, -0.25) is 4.79 Å². The quantitative estimate of drug-likeness (QED) is 0.570. The minimum absolute atomic E-state index is 0.337. The molecule has 0 spiro atoms. The first-order valence-electron chi connectivity index (χ1n) is 5.64. The second-order valence-corrected chi connectivity index (χ2v) is 3.64. The highest BCUT2D eigenvalue weighted by molar-refractivity contribution is 5.66. The fourth-order valence-corrected chi connectivity index (χ4v) is 0.880. The van der Waals surface area contributed by atoms with Crippen molar-refractivity contribution in [1.29, 1.82) is 0 Å². The largest absolute Gasteiger partial charge is 0.481 e. The van der Waals surface area contributed by atoms with Gasteiger partial charge < -0.3 is 15.9 Å². The van der Waals surface area contributed by atoms with E-state index < -0.39 is 5.97 Å². The lowest BCUT2D eigenvalue weighted by Gasteiger charge is -1.95. The molecule has 0 bridgehead atoms. The van der Waals surface area contributed by atoms with E-state index in [0.717, 1.165) is 12.8 Å². The lowest BCUT2D eigenvalue weighted by Crippen LogP contribution is -2.14. The van der Waals surface area contributed by atoms with Crippen molar-refractivity contribution in [3.05, 3.63) is 0 Å². The summed E-state index contributed by atoms with van der Waals surface area (Å²) in [4.78, 5) is 10.0. The number of hydrogen-bond acceptors (Lipinski definition) is 3. The van der Waals surface area contributed by atoms with E-state index >= 15 is 0 Å². The maximum absolute atomic E-state index is 10.0. The SMILES string of the molecule is CC(O)CN.CCCCCCCC(=O)O. The summed E-state index contributed by atoms with van der Waals surface area (Å²) >= 11 is 0. The number of aliphatic hydroxyl groups is 1. The molecule has 0 aliphatic rings. The Bertz CT molecular complexity index is 138. The van der Waals surface area contributed by atoms with Gasteiger partial charge >= 0.3 is 5.97 Å². The Hall–Kier alpha value is -0.610. The van der Waals surface area contributed by atoms with Gasteiger partial charge in [0.1, 0.15) is 0 Å². The molecule has 0 heterocycles. The summed E-state index contributed by atoms with van der Waals surface area (Å²) in [5.41, 5.74) is 4.92. The van der Waals surface area contributed by atoms with Gasteiger partial charge in [-0.05, 0) is 13.3 Å². The van der Waals surface area contributed by atoms with Crippen LogP contribution in [0, 0.1) is 0 Å². The Morgan fingerprint density at radius 2 is 1.73 bits per heavy atom. The van der Waals surface area contributed by atoms with Crippen LogP contribution in [0.15, 0.2) is 0 Å². The molecule has 0 amide bonds. The Labute approximate surface area is 92.5 Å². The summed E-state index contributed by atoms with van der Waals surface area (Å²) in [5, 5.41) is 16.5. The molecule has 92 valence electrons. The number of unbranched alkanes of at least 4 members (excludes halogenated alkanes) is 4. The van der Waals surface area contributed by atoms with E-state index in [1.165, 1.54) is 19.3 Å². The minimum atomic E-state index is -0.670. The average molecular weight is 219 g/mol. The Morgan fingerprint density at radius 1 is 1.27 bits per heavy atom. The monoisotopic (exact) mass is 219 g/mol. The Morgan fingerprint density at radius 3 is 2.07 bits per heavy atom. The van der Waals surface area contributed by atoms with E-state index in [1.54, 1.807) is 6.92 Å². The van der Waals surface area contributed by atoms with E-state index in [-0.39, 0.29) is 6.10 Å². The molecule has 4 nitrogen and oxygen atoms in total. The molecule has 0 aliphatic carbocycles. The molecule has 0 aromatic carbocycles. The van der Waals surface area contributed by atoms with Crippen LogP contribution in [0.1, 0.15) is 52.4 Å². The van der Waals surface area contributed by atoms with E-state index in [4.69, 9.17) is 15.9 Å². The first kappa shape index (κ1) is 16.8. The van der Waals surface area contributed by atoms with Crippen molar-refractivity contribution in [3.63, 3.8) is 0 Å². The summed E-state index contributed by atoms with van der Waals surface area (Å²) in [6, 6.07) is 0. The van der Waals surface area contributed by atoms with Gasteiger partial charge in [0.05, 0.1) is 6.10 Å². The standard InChI is InChI=1S/C8H16O2.C3H9NO/c1-2-3-4-5-6-7-8(9)10;1-3(5)2-4/h2-7H2,1H3,(H,9,10);3,5H,2,4H2,1H3. The van der Waals surface area contributed by atoms with Gasteiger partial charge in [-0.25, -0.2) is 0 Å². The minimum Gasteiger partial charge on any atom is -0.481 e. The van der Waals surface area contributed by atoms with Crippen LogP contribution < -0.4 is 5.73 Å². The van der Waals surface area contributed by atoms with Gasteiger partial charge in [0.15, 0.2) is 0 Å². The number of hydrogen-bond donors (Lipinski definition) is 3. The van der Waals surface area contributed by atoms with Gasteiger partial charge in [0.25, 0.3) is 0 Å². The second-order valence-electron chi connectivity index (χ2n) is 3.64. The molecular weight excluding hydrogens is 194 g/mol. The lowest BCUT2D eigenvalue weighted by atomic mass is 10.1. The highest BCUT2D eigenvalue weighted by Crippen LogP contribution is 2.04. The molecule has 0 saturated heterocycles. The maximum atomic E-state index is 10.0. The zero-order valence-corrected chi connectivity index (χ0v) is 9.91. The Kier molecular flexibility index (Phi) is 15.0. The van der Waals surface area contributed by atoms with Gasteiger partial charge in [-0.2, -0.15) is 0 Å². The highest BCUT2D eigenvalue weighted by Gasteiger charge is 1.94. The zero-order valence-electron chi connectivity index (χ0n) is 9.91. The summed E-state index contributed by atoms with van der Waals surface area (Å²) in [7, 11) is 0. The van der Waals surface area contributed by atoms with E-state index in [1.807, 2.05) is 0 Å². The predicted molar refractivity (Wildman–Crippen MR) is 61.7 cm³/mol. The number of carboxylic acid groups (broad SMARTS) is 1. The molecule has 1 atom stereocenters. The van der Waals surface area contributed by atoms with Crippen LogP contribution in [-0.4, -0.2) is 28.8 Å². The molecule has 1 unspecified atom stereocenters. The van der Waals surface area contributed by atoms with Crippen LogP contribution in [0.4, 0.5) is 0 Å². The van der Waals surface area contributed by atoms with Crippen molar-refractivity contribution in [3.8, 4) is 0 Å². The van der Waals surface area contributed by atoms with Gasteiger partial charge in [-0.1, -0.05) is 32.6 Å². The zero-order chi connectivity index (χ0) is 12.1. The van der Waals surface area contributed by atoms with Crippen molar-refractivity contribution in [2.75, 3.05) is 6.54 Å². The topological polar surface area (TPSA) is 83.5 Å².